The number of nitrogens with zero attached hydrogens (tertiary/aromatic N) is 1. The molecular formula is C10H8ClFN2S. The molecule has 0 aliphatic rings. The summed E-state index contributed by atoms with van der Waals surface area (Å²) in [6.45, 7) is 0.398. The standard InChI is InChI=1S/C10H8ClFN2S/c11-9-3-6(12)1-2-8(9)10-14-7(4-13)5-15-10/h1-3,5H,4,13H2. The number of hydrogen-bond donors (Lipinski definition) is 1. The molecule has 0 spiro atoms. The van der Waals surface area contributed by atoms with Gasteiger partial charge in [0.25, 0.3) is 0 Å². The number of thiazole rings is 1. The molecule has 0 fully saturated rings. The van der Waals surface area contributed by atoms with Crippen molar-refractivity contribution in [2.45, 2.75) is 6.54 Å². The first kappa shape index (κ1) is 10.5. The average molecular weight is 243 g/mol. The number of halogens is 2. The van der Waals surface area contributed by atoms with E-state index in [9.17, 15) is 4.39 Å². The summed E-state index contributed by atoms with van der Waals surface area (Å²) >= 11 is 7.36. The molecule has 1 aromatic heterocycles. The highest BCUT2D eigenvalue weighted by Gasteiger charge is 2.08. The van der Waals surface area contributed by atoms with E-state index in [0.29, 0.717) is 11.6 Å². The first-order valence-electron chi connectivity index (χ1n) is 4.30. The van der Waals surface area contributed by atoms with Gasteiger partial charge in [0, 0.05) is 17.5 Å². The summed E-state index contributed by atoms with van der Waals surface area (Å²) in [6.07, 6.45) is 0. The molecule has 0 saturated carbocycles. The van der Waals surface area contributed by atoms with Gasteiger partial charge in [-0.15, -0.1) is 11.3 Å². The minimum Gasteiger partial charge on any atom is -0.325 e. The fourth-order valence-electron chi connectivity index (χ4n) is 1.19. The Bertz CT molecular complexity index is 484. The number of nitrogens with two attached hydrogens (primary N) is 1. The van der Waals surface area contributed by atoms with Gasteiger partial charge in [0.05, 0.1) is 10.7 Å². The normalized spacial score (nSPS) is 10.6. The summed E-state index contributed by atoms with van der Waals surface area (Å²) in [4.78, 5) is 4.28. The van der Waals surface area contributed by atoms with Crippen LogP contribution in [-0.2, 0) is 6.54 Å². The van der Waals surface area contributed by atoms with Gasteiger partial charge in [0.1, 0.15) is 10.8 Å². The molecule has 0 atom stereocenters. The van der Waals surface area contributed by atoms with Gasteiger partial charge in [0.15, 0.2) is 0 Å². The van der Waals surface area contributed by atoms with Gasteiger partial charge in [-0.1, -0.05) is 11.6 Å². The van der Waals surface area contributed by atoms with Gasteiger partial charge in [-0.2, -0.15) is 0 Å². The molecule has 0 unspecified atom stereocenters. The largest absolute Gasteiger partial charge is 0.325 e. The van der Waals surface area contributed by atoms with Gasteiger partial charge in [-0.25, -0.2) is 9.37 Å². The summed E-state index contributed by atoms with van der Waals surface area (Å²) in [5.74, 6) is -0.348. The highest BCUT2D eigenvalue weighted by atomic mass is 35.5. The second-order valence-electron chi connectivity index (χ2n) is 2.97. The third kappa shape index (κ3) is 2.17. The van der Waals surface area contributed by atoms with Gasteiger partial charge in [0.2, 0.25) is 0 Å². The third-order valence-electron chi connectivity index (χ3n) is 1.92. The molecule has 1 aromatic carbocycles. The van der Waals surface area contributed by atoms with Gasteiger partial charge in [-0.05, 0) is 18.2 Å². The monoisotopic (exact) mass is 242 g/mol. The molecule has 0 bridgehead atoms. The van der Waals surface area contributed by atoms with Crippen LogP contribution in [0, 0.1) is 5.82 Å². The van der Waals surface area contributed by atoms with E-state index >= 15 is 0 Å². The number of rotatable bonds is 2. The lowest BCUT2D eigenvalue weighted by Gasteiger charge is -1.99. The Kier molecular flexibility index (Phi) is 3.00. The molecule has 78 valence electrons. The lowest BCUT2D eigenvalue weighted by molar-refractivity contribution is 0.628. The van der Waals surface area contributed by atoms with E-state index in [4.69, 9.17) is 17.3 Å². The predicted octanol–water partition coefficient (Wildman–Crippen LogP) is 3.06. The number of aromatic nitrogens is 1. The Morgan fingerprint density at radius 2 is 2.27 bits per heavy atom. The van der Waals surface area contributed by atoms with Crippen molar-refractivity contribution in [3.8, 4) is 10.6 Å². The van der Waals surface area contributed by atoms with E-state index in [-0.39, 0.29) is 5.82 Å². The maximum Gasteiger partial charge on any atom is 0.125 e. The molecule has 1 heterocycles. The maximum atomic E-state index is 12.8. The smallest absolute Gasteiger partial charge is 0.125 e. The molecule has 2 rings (SSSR count). The topological polar surface area (TPSA) is 38.9 Å². The highest BCUT2D eigenvalue weighted by molar-refractivity contribution is 7.13. The van der Waals surface area contributed by atoms with Crippen molar-refractivity contribution < 1.29 is 4.39 Å². The van der Waals surface area contributed by atoms with Crippen LogP contribution in [0.25, 0.3) is 10.6 Å². The van der Waals surface area contributed by atoms with Gasteiger partial charge in [-0.3, -0.25) is 0 Å². The van der Waals surface area contributed by atoms with Crippen LogP contribution < -0.4 is 5.73 Å². The summed E-state index contributed by atoms with van der Waals surface area (Å²) in [5.41, 5.74) is 7.01. The molecule has 0 radical (unpaired) electrons. The molecule has 2 aromatic rings. The van der Waals surface area contributed by atoms with E-state index in [1.165, 1.54) is 23.5 Å². The molecule has 5 heteroatoms. The molecule has 0 amide bonds. The zero-order valence-electron chi connectivity index (χ0n) is 7.71. The second-order valence-corrected chi connectivity index (χ2v) is 4.24. The lowest BCUT2D eigenvalue weighted by Crippen LogP contribution is -1.95. The Hall–Kier alpha value is -0.970. The summed E-state index contributed by atoms with van der Waals surface area (Å²) in [5, 5.41) is 3.00. The molecule has 2 nitrogen and oxygen atoms in total. The Morgan fingerprint density at radius 1 is 1.47 bits per heavy atom. The third-order valence-corrected chi connectivity index (χ3v) is 3.16. The average Bonchev–Trinajstić information content (AvgIpc) is 2.66. The zero-order chi connectivity index (χ0) is 10.8. The van der Waals surface area contributed by atoms with E-state index < -0.39 is 0 Å². The summed E-state index contributed by atoms with van der Waals surface area (Å²) < 4.78 is 12.8. The zero-order valence-corrected chi connectivity index (χ0v) is 9.28. The number of benzene rings is 1. The first-order chi connectivity index (χ1) is 7.20. The summed E-state index contributed by atoms with van der Waals surface area (Å²) in [6, 6.07) is 4.27. The summed E-state index contributed by atoms with van der Waals surface area (Å²) in [7, 11) is 0. The van der Waals surface area contributed by atoms with Crippen LogP contribution in [0.3, 0.4) is 0 Å². The Balaban J connectivity index is 2.44. The minimum absolute atomic E-state index is 0.348. The van der Waals surface area contributed by atoms with Gasteiger partial charge < -0.3 is 5.73 Å². The molecule has 0 aliphatic carbocycles. The first-order valence-corrected chi connectivity index (χ1v) is 5.56. The minimum atomic E-state index is -0.348. The molecular weight excluding hydrogens is 235 g/mol. The molecule has 15 heavy (non-hydrogen) atoms. The van der Waals surface area contributed by atoms with Crippen molar-refractivity contribution in [3.63, 3.8) is 0 Å². The fourth-order valence-corrected chi connectivity index (χ4v) is 2.37. The highest BCUT2D eigenvalue weighted by Crippen LogP contribution is 2.30. The Labute approximate surface area is 95.5 Å². The van der Waals surface area contributed by atoms with Crippen molar-refractivity contribution in [2.75, 3.05) is 0 Å². The van der Waals surface area contributed by atoms with Crippen LogP contribution in [0.4, 0.5) is 4.39 Å². The van der Waals surface area contributed by atoms with E-state index in [0.717, 1.165) is 16.3 Å². The maximum absolute atomic E-state index is 12.8. The van der Waals surface area contributed by atoms with Crippen LogP contribution in [0.15, 0.2) is 23.6 Å². The molecule has 0 aliphatic heterocycles. The molecule has 2 N–H and O–H groups in total. The Morgan fingerprint density at radius 3 is 2.87 bits per heavy atom. The quantitative estimate of drug-likeness (QED) is 0.879. The predicted molar refractivity (Wildman–Crippen MR) is 60.4 cm³/mol. The van der Waals surface area contributed by atoms with E-state index in [1.54, 1.807) is 6.07 Å². The van der Waals surface area contributed by atoms with Crippen molar-refractivity contribution in [3.05, 3.63) is 40.1 Å². The van der Waals surface area contributed by atoms with E-state index in [2.05, 4.69) is 4.98 Å². The van der Waals surface area contributed by atoms with Crippen LogP contribution in [0.5, 0.6) is 0 Å². The van der Waals surface area contributed by atoms with Crippen molar-refractivity contribution >= 4 is 22.9 Å². The van der Waals surface area contributed by atoms with Gasteiger partial charge >= 0.3 is 0 Å². The van der Waals surface area contributed by atoms with Crippen molar-refractivity contribution in [1.29, 1.82) is 0 Å². The number of hydrogen-bond acceptors (Lipinski definition) is 3. The molecule has 0 saturated heterocycles. The van der Waals surface area contributed by atoms with Crippen LogP contribution in [0.2, 0.25) is 5.02 Å². The van der Waals surface area contributed by atoms with E-state index in [1.807, 2.05) is 5.38 Å². The van der Waals surface area contributed by atoms with Crippen molar-refractivity contribution in [1.82, 2.24) is 4.98 Å². The second kappa shape index (κ2) is 4.26. The van der Waals surface area contributed by atoms with Crippen LogP contribution in [0.1, 0.15) is 5.69 Å². The van der Waals surface area contributed by atoms with Crippen molar-refractivity contribution in [2.24, 2.45) is 5.73 Å². The lowest BCUT2D eigenvalue weighted by atomic mass is 10.2. The fraction of sp³-hybridized carbons (Fsp3) is 0.100. The van der Waals surface area contributed by atoms with Crippen LogP contribution in [-0.4, -0.2) is 4.98 Å². The SMILES string of the molecule is NCc1csc(-c2ccc(F)cc2Cl)n1. The van der Waals surface area contributed by atoms with Crippen LogP contribution >= 0.6 is 22.9 Å².